The van der Waals surface area contributed by atoms with Crippen LogP contribution in [0.15, 0.2) is 42.6 Å². The van der Waals surface area contributed by atoms with Crippen LogP contribution >= 0.6 is 11.6 Å². The van der Waals surface area contributed by atoms with Gasteiger partial charge in [-0.1, -0.05) is 31.5 Å². The van der Waals surface area contributed by atoms with E-state index in [9.17, 15) is 0 Å². The molecule has 0 unspecified atom stereocenters. The van der Waals surface area contributed by atoms with Gasteiger partial charge < -0.3 is 4.74 Å². The largest absolute Gasteiger partial charge is 0.439 e. The Labute approximate surface area is 113 Å². The van der Waals surface area contributed by atoms with Gasteiger partial charge in [-0.2, -0.15) is 0 Å². The van der Waals surface area contributed by atoms with Crippen LogP contribution < -0.4 is 4.74 Å². The molecule has 2 rings (SSSR count). The summed E-state index contributed by atoms with van der Waals surface area (Å²) in [4.78, 5) is 4.20. The molecule has 0 radical (unpaired) electrons. The Morgan fingerprint density at radius 2 is 1.94 bits per heavy atom. The van der Waals surface area contributed by atoms with Gasteiger partial charge in [0.2, 0.25) is 5.88 Å². The molecular formula is C15H16ClNO. The van der Waals surface area contributed by atoms with Gasteiger partial charge in [-0.3, -0.25) is 0 Å². The number of aryl methyl sites for hydroxylation is 1. The van der Waals surface area contributed by atoms with Crippen molar-refractivity contribution in [3.8, 4) is 11.6 Å². The molecule has 0 aliphatic rings. The van der Waals surface area contributed by atoms with Crippen LogP contribution in [0, 0.1) is 0 Å². The van der Waals surface area contributed by atoms with Crippen molar-refractivity contribution < 1.29 is 4.74 Å². The van der Waals surface area contributed by atoms with E-state index in [1.54, 1.807) is 6.20 Å². The standard InChI is InChI=1S/C15H16ClNO/c1-2-4-12-6-8-14(9-7-12)18-15-13(11-16)5-3-10-17-15/h3,5-10H,2,4,11H2,1H3. The Balaban J connectivity index is 2.13. The molecule has 0 bridgehead atoms. The minimum Gasteiger partial charge on any atom is -0.439 e. The number of hydrogen-bond donors (Lipinski definition) is 0. The second-order valence-corrected chi connectivity index (χ2v) is 4.36. The molecule has 0 fully saturated rings. The van der Waals surface area contributed by atoms with Crippen LogP contribution in [0.3, 0.4) is 0 Å². The molecular weight excluding hydrogens is 246 g/mol. The lowest BCUT2D eigenvalue weighted by molar-refractivity contribution is 0.458. The number of benzene rings is 1. The van der Waals surface area contributed by atoms with Gasteiger partial charge in [0.15, 0.2) is 0 Å². The Hall–Kier alpha value is -1.54. The van der Waals surface area contributed by atoms with Gasteiger partial charge in [0.1, 0.15) is 5.75 Å². The summed E-state index contributed by atoms with van der Waals surface area (Å²) in [6, 6.07) is 11.9. The van der Waals surface area contributed by atoms with Gasteiger partial charge in [-0.25, -0.2) is 4.98 Å². The lowest BCUT2D eigenvalue weighted by Crippen LogP contribution is -1.92. The van der Waals surface area contributed by atoms with Crippen molar-refractivity contribution in [2.24, 2.45) is 0 Å². The number of halogens is 1. The first kappa shape index (κ1) is 12.9. The van der Waals surface area contributed by atoms with Gasteiger partial charge in [-0.05, 0) is 30.2 Å². The van der Waals surface area contributed by atoms with Gasteiger partial charge in [0, 0.05) is 11.8 Å². The Kier molecular flexibility index (Phi) is 4.59. The predicted octanol–water partition coefficient (Wildman–Crippen LogP) is 4.57. The third-order valence-corrected chi connectivity index (χ3v) is 2.96. The lowest BCUT2D eigenvalue weighted by atomic mass is 10.1. The molecule has 0 saturated heterocycles. The van der Waals surface area contributed by atoms with Crippen molar-refractivity contribution >= 4 is 11.6 Å². The van der Waals surface area contributed by atoms with Crippen LogP contribution in [-0.4, -0.2) is 4.98 Å². The van der Waals surface area contributed by atoms with Crippen LogP contribution in [0.1, 0.15) is 24.5 Å². The van der Waals surface area contributed by atoms with E-state index in [1.807, 2.05) is 24.3 Å². The molecule has 0 saturated carbocycles. The van der Waals surface area contributed by atoms with Crippen LogP contribution in [0.2, 0.25) is 0 Å². The number of pyridine rings is 1. The fourth-order valence-electron chi connectivity index (χ4n) is 1.74. The fourth-order valence-corrected chi connectivity index (χ4v) is 1.95. The zero-order valence-corrected chi connectivity index (χ0v) is 11.2. The number of hydrogen-bond acceptors (Lipinski definition) is 2. The van der Waals surface area contributed by atoms with Crippen molar-refractivity contribution in [2.75, 3.05) is 0 Å². The van der Waals surface area contributed by atoms with Crippen LogP contribution in [-0.2, 0) is 12.3 Å². The van der Waals surface area contributed by atoms with E-state index in [0.29, 0.717) is 11.8 Å². The van der Waals surface area contributed by atoms with Crippen molar-refractivity contribution in [3.63, 3.8) is 0 Å². The molecule has 1 heterocycles. The number of nitrogens with zero attached hydrogens (tertiary/aromatic N) is 1. The average Bonchev–Trinajstić information content (AvgIpc) is 2.42. The Morgan fingerprint density at radius 3 is 2.61 bits per heavy atom. The highest BCUT2D eigenvalue weighted by Gasteiger charge is 2.04. The Morgan fingerprint density at radius 1 is 1.17 bits per heavy atom. The molecule has 2 aromatic rings. The summed E-state index contributed by atoms with van der Waals surface area (Å²) in [5.74, 6) is 1.77. The Bertz CT molecular complexity index is 496. The van der Waals surface area contributed by atoms with Crippen molar-refractivity contribution in [1.82, 2.24) is 4.98 Å². The van der Waals surface area contributed by atoms with E-state index in [0.717, 1.165) is 24.2 Å². The van der Waals surface area contributed by atoms with Crippen molar-refractivity contribution in [1.29, 1.82) is 0 Å². The molecule has 0 N–H and O–H groups in total. The number of alkyl halides is 1. The van der Waals surface area contributed by atoms with Crippen LogP contribution in [0.25, 0.3) is 0 Å². The summed E-state index contributed by atoms with van der Waals surface area (Å²) in [5.41, 5.74) is 2.22. The number of aromatic nitrogens is 1. The molecule has 0 atom stereocenters. The van der Waals surface area contributed by atoms with Crippen molar-refractivity contribution in [2.45, 2.75) is 25.6 Å². The maximum atomic E-state index is 5.84. The highest BCUT2D eigenvalue weighted by molar-refractivity contribution is 6.17. The molecule has 0 aliphatic carbocycles. The molecule has 3 heteroatoms. The van der Waals surface area contributed by atoms with Crippen molar-refractivity contribution in [3.05, 3.63) is 53.7 Å². The SMILES string of the molecule is CCCc1ccc(Oc2ncccc2CCl)cc1. The normalized spacial score (nSPS) is 10.3. The third kappa shape index (κ3) is 3.23. The monoisotopic (exact) mass is 261 g/mol. The summed E-state index contributed by atoms with van der Waals surface area (Å²) in [6.07, 6.45) is 3.95. The topological polar surface area (TPSA) is 22.1 Å². The van der Waals surface area contributed by atoms with E-state index >= 15 is 0 Å². The molecule has 0 amide bonds. The summed E-state index contributed by atoms with van der Waals surface area (Å²) in [6.45, 7) is 2.17. The number of ether oxygens (including phenoxy) is 1. The molecule has 0 spiro atoms. The van der Waals surface area contributed by atoms with Gasteiger partial charge in [0.25, 0.3) is 0 Å². The first-order valence-electron chi connectivity index (χ1n) is 6.10. The highest BCUT2D eigenvalue weighted by atomic mass is 35.5. The molecule has 18 heavy (non-hydrogen) atoms. The predicted molar refractivity (Wildman–Crippen MR) is 74.3 cm³/mol. The second-order valence-electron chi connectivity index (χ2n) is 4.10. The summed E-state index contributed by atoms with van der Waals surface area (Å²) < 4.78 is 5.74. The fraction of sp³-hybridized carbons (Fsp3) is 0.267. The van der Waals surface area contributed by atoms with Gasteiger partial charge in [-0.15, -0.1) is 11.6 Å². The van der Waals surface area contributed by atoms with E-state index in [-0.39, 0.29) is 0 Å². The maximum Gasteiger partial charge on any atom is 0.223 e. The third-order valence-electron chi connectivity index (χ3n) is 2.67. The van der Waals surface area contributed by atoms with Crippen LogP contribution in [0.4, 0.5) is 0 Å². The molecule has 0 aliphatic heterocycles. The van der Waals surface area contributed by atoms with E-state index < -0.39 is 0 Å². The second kappa shape index (κ2) is 6.41. The van der Waals surface area contributed by atoms with Gasteiger partial charge >= 0.3 is 0 Å². The lowest BCUT2D eigenvalue weighted by Gasteiger charge is -2.08. The molecule has 1 aromatic carbocycles. The summed E-state index contributed by atoms with van der Waals surface area (Å²) in [5, 5.41) is 0. The zero-order chi connectivity index (χ0) is 12.8. The summed E-state index contributed by atoms with van der Waals surface area (Å²) in [7, 11) is 0. The molecule has 2 nitrogen and oxygen atoms in total. The smallest absolute Gasteiger partial charge is 0.223 e. The quantitative estimate of drug-likeness (QED) is 0.736. The molecule has 94 valence electrons. The zero-order valence-electron chi connectivity index (χ0n) is 10.4. The van der Waals surface area contributed by atoms with E-state index in [2.05, 4.69) is 24.0 Å². The first-order chi connectivity index (χ1) is 8.83. The number of rotatable bonds is 5. The highest BCUT2D eigenvalue weighted by Crippen LogP contribution is 2.24. The first-order valence-corrected chi connectivity index (χ1v) is 6.63. The molecule has 1 aromatic heterocycles. The summed E-state index contributed by atoms with van der Waals surface area (Å²) >= 11 is 5.84. The van der Waals surface area contributed by atoms with E-state index in [4.69, 9.17) is 16.3 Å². The minimum atomic E-state index is 0.400. The van der Waals surface area contributed by atoms with E-state index in [1.165, 1.54) is 5.56 Å². The van der Waals surface area contributed by atoms with Gasteiger partial charge in [0.05, 0.1) is 5.88 Å². The average molecular weight is 262 g/mol. The maximum absolute atomic E-state index is 5.84. The minimum absolute atomic E-state index is 0.400. The van der Waals surface area contributed by atoms with Crippen LogP contribution in [0.5, 0.6) is 11.6 Å².